The first kappa shape index (κ1) is 18.1. The van der Waals surface area contributed by atoms with Crippen molar-refractivity contribution in [2.75, 3.05) is 0 Å². The van der Waals surface area contributed by atoms with E-state index in [1.54, 1.807) is 13.8 Å². The van der Waals surface area contributed by atoms with Gasteiger partial charge in [-0.1, -0.05) is 13.8 Å². The van der Waals surface area contributed by atoms with Crippen LogP contribution in [0.2, 0.25) is 0 Å². The molecule has 0 saturated heterocycles. The molecule has 11 heavy (non-hydrogen) atoms. The molecule has 0 aromatic rings. The van der Waals surface area contributed by atoms with E-state index in [9.17, 15) is 9.59 Å². The molecule has 0 saturated carbocycles. The van der Waals surface area contributed by atoms with Crippen LogP contribution in [0.15, 0.2) is 0 Å². The van der Waals surface area contributed by atoms with E-state index < -0.39 is 11.9 Å². The van der Waals surface area contributed by atoms with Gasteiger partial charge >= 0.3 is 72.7 Å². The molecule has 0 atom stereocenters. The molecule has 0 unspecified atom stereocenters. The maximum atomic E-state index is 10.3. The van der Waals surface area contributed by atoms with Crippen LogP contribution in [0.5, 0.6) is 0 Å². The minimum Gasteiger partial charge on any atom is -1.00 e. The van der Waals surface area contributed by atoms with Gasteiger partial charge in [-0.3, -0.25) is 9.59 Å². The molecule has 0 amide bonds. The van der Waals surface area contributed by atoms with Gasteiger partial charge in [0, 0.05) is 12.8 Å². The second-order valence-electron chi connectivity index (χ2n) is 1.55. The summed E-state index contributed by atoms with van der Waals surface area (Å²) in [4.78, 5) is 20.7. The van der Waals surface area contributed by atoms with Gasteiger partial charge in [-0.2, -0.15) is 0 Å². The van der Waals surface area contributed by atoms with Crippen molar-refractivity contribution in [2.45, 2.75) is 26.7 Å². The molecule has 3 nitrogen and oxygen atoms in total. The third-order valence-electron chi connectivity index (χ3n) is 0.805. The SMILES string of the molecule is CCC(=O)OC(=O)CC.[Ca+2].[H-].[H-].[H-].[H-].[Mg+2]. The molecule has 0 bridgehead atoms. The van der Waals surface area contributed by atoms with Gasteiger partial charge in [0.15, 0.2) is 0 Å². The van der Waals surface area contributed by atoms with Crippen molar-refractivity contribution in [3.8, 4) is 0 Å². The molecular weight excluding hydrogens is 184 g/mol. The second-order valence-corrected chi connectivity index (χ2v) is 1.55. The molecule has 0 aliphatic rings. The van der Waals surface area contributed by atoms with E-state index in [2.05, 4.69) is 4.74 Å². The van der Waals surface area contributed by atoms with E-state index in [1.165, 1.54) is 0 Å². The topological polar surface area (TPSA) is 43.4 Å². The van der Waals surface area contributed by atoms with Crippen LogP contribution in [-0.2, 0) is 14.3 Å². The number of carbonyl (C=O) groups is 2. The van der Waals surface area contributed by atoms with E-state index in [1.807, 2.05) is 0 Å². The smallest absolute Gasteiger partial charge is 1.00 e. The van der Waals surface area contributed by atoms with Crippen molar-refractivity contribution >= 4 is 72.7 Å². The standard InChI is InChI=1S/C6H10O3.Ca.Mg.4H/c1-3-5(7)9-6(8)4-2;;;;;;/h3-4H2,1-2H3;;;;;;/q;2*+2;4*-1. The molecular formula is C6H14CaMgO3. The normalized spacial score (nSPS) is 7.09. The summed E-state index contributed by atoms with van der Waals surface area (Å²) in [6.45, 7) is 3.29. The molecule has 0 spiro atoms. The van der Waals surface area contributed by atoms with Crippen LogP contribution in [0, 0.1) is 0 Å². The summed E-state index contributed by atoms with van der Waals surface area (Å²) in [6, 6.07) is 0. The summed E-state index contributed by atoms with van der Waals surface area (Å²) in [5, 5.41) is 0. The van der Waals surface area contributed by atoms with Gasteiger partial charge in [0.1, 0.15) is 0 Å². The number of hydrogen-bond donors (Lipinski definition) is 0. The van der Waals surface area contributed by atoms with Crippen molar-refractivity contribution in [2.24, 2.45) is 0 Å². The monoisotopic (exact) mass is 198 g/mol. The summed E-state index contributed by atoms with van der Waals surface area (Å²) < 4.78 is 4.27. The largest absolute Gasteiger partial charge is 2.00 e. The third kappa shape index (κ3) is 11.2. The Hall–Kier alpha value is 1.17. The minimum absolute atomic E-state index is 0. The molecule has 60 valence electrons. The molecule has 0 aliphatic carbocycles. The zero-order valence-electron chi connectivity index (χ0n) is 11.1. The fourth-order valence-electron chi connectivity index (χ4n) is 0.271. The van der Waals surface area contributed by atoms with E-state index >= 15 is 0 Å². The molecule has 0 aromatic carbocycles. The summed E-state index contributed by atoms with van der Waals surface area (Å²) in [6.07, 6.45) is 0.511. The predicted octanol–water partition coefficient (Wildman–Crippen LogP) is 0.565. The molecule has 0 aliphatic heterocycles. The Labute approximate surface area is 118 Å². The average molecular weight is 199 g/mol. The maximum Gasteiger partial charge on any atom is 2.00 e. The van der Waals surface area contributed by atoms with E-state index in [4.69, 9.17) is 0 Å². The summed E-state index contributed by atoms with van der Waals surface area (Å²) in [5.41, 5.74) is 0. The number of carbonyl (C=O) groups excluding carboxylic acids is 2. The first-order valence-electron chi connectivity index (χ1n) is 2.94. The average Bonchev–Trinajstić information content (AvgIpc) is 1.87. The third-order valence-corrected chi connectivity index (χ3v) is 0.805. The van der Waals surface area contributed by atoms with Crippen molar-refractivity contribution in [3.05, 3.63) is 0 Å². The fourth-order valence-corrected chi connectivity index (χ4v) is 0.271. The van der Waals surface area contributed by atoms with Crippen LogP contribution in [-0.4, -0.2) is 72.7 Å². The van der Waals surface area contributed by atoms with Gasteiger partial charge in [0.2, 0.25) is 0 Å². The van der Waals surface area contributed by atoms with Gasteiger partial charge in [0.05, 0.1) is 0 Å². The van der Waals surface area contributed by atoms with Crippen LogP contribution >= 0.6 is 0 Å². The zero-order chi connectivity index (χ0) is 7.28. The van der Waals surface area contributed by atoms with Crippen LogP contribution in [0.4, 0.5) is 0 Å². The Kier molecular flexibility index (Phi) is 18.3. The van der Waals surface area contributed by atoms with Gasteiger partial charge in [-0.25, -0.2) is 0 Å². The molecule has 5 heteroatoms. The van der Waals surface area contributed by atoms with Crippen LogP contribution < -0.4 is 0 Å². The first-order valence-corrected chi connectivity index (χ1v) is 2.94. The first-order chi connectivity index (χ1) is 4.20. The van der Waals surface area contributed by atoms with E-state index in [-0.39, 0.29) is 79.3 Å². The molecule has 0 aromatic heterocycles. The number of rotatable bonds is 2. The number of ether oxygens (including phenoxy) is 1. The number of esters is 2. The van der Waals surface area contributed by atoms with Gasteiger partial charge in [-0.05, 0) is 0 Å². The van der Waals surface area contributed by atoms with Crippen molar-refractivity contribution in [1.29, 1.82) is 0 Å². The predicted molar refractivity (Wildman–Crippen MR) is 47.6 cm³/mol. The zero-order valence-corrected chi connectivity index (χ0v) is 10.7. The van der Waals surface area contributed by atoms with Gasteiger partial charge in [-0.15, -0.1) is 0 Å². The minimum atomic E-state index is -0.457. The van der Waals surface area contributed by atoms with Crippen LogP contribution in [0.3, 0.4) is 0 Å². The van der Waals surface area contributed by atoms with Crippen LogP contribution in [0.1, 0.15) is 32.4 Å². The van der Waals surface area contributed by atoms with Crippen LogP contribution in [0.25, 0.3) is 0 Å². The molecule has 0 rings (SSSR count). The Morgan fingerprint density at radius 2 is 1.45 bits per heavy atom. The Morgan fingerprint density at radius 3 is 1.64 bits per heavy atom. The van der Waals surface area contributed by atoms with Crippen molar-refractivity contribution in [1.82, 2.24) is 0 Å². The molecule has 0 fully saturated rings. The van der Waals surface area contributed by atoms with Gasteiger partial charge < -0.3 is 10.4 Å². The Balaban J connectivity index is -0.0000000213. The molecule has 0 N–H and O–H groups in total. The number of hydrogen-bond acceptors (Lipinski definition) is 3. The summed E-state index contributed by atoms with van der Waals surface area (Å²) in [5.74, 6) is -0.913. The second kappa shape index (κ2) is 11.2. The Bertz CT molecular complexity index is 126. The van der Waals surface area contributed by atoms with Gasteiger partial charge in [0.25, 0.3) is 0 Å². The fraction of sp³-hybridized carbons (Fsp3) is 0.667. The molecule has 0 radical (unpaired) electrons. The van der Waals surface area contributed by atoms with E-state index in [0.717, 1.165) is 0 Å². The van der Waals surface area contributed by atoms with Crippen molar-refractivity contribution < 1.29 is 20.0 Å². The summed E-state index contributed by atoms with van der Waals surface area (Å²) in [7, 11) is 0. The quantitative estimate of drug-likeness (QED) is 0.370. The Morgan fingerprint density at radius 1 is 1.18 bits per heavy atom. The summed E-state index contributed by atoms with van der Waals surface area (Å²) >= 11 is 0. The maximum absolute atomic E-state index is 10.3. The van der Waals surface area contributed by atoms with Crippen molar-refractivity contribution in [3.63, 3.8) is 0 Å². The van der Waals surface area contributed by atoms with E-state index in [0.29, 0.717) is 0 Å². The molecule has 0 heterocycles.